The summed E-state index contributed by atoms with van der Waals surface area (Å²) in [6.45, 7) is 0.599. The predicted octanol–water partition coefficient (Wildman–Crippen LogP) is 2.85. The van der Waals surface area contributed by atoms with Crippen molar-refractivity contribution in [2.45, 2.75) is 37.1 Å². The number of aromatic nitrogens is 3. The number of halogens is 2. The van der Waals surface area contributed by atoms with Crippen molar-refractivity contribution in [1.29, 1.82) is 0 Å². The van der Waals surface area contributed by atoms with Crippen LogP contribution in [0.4, 0.5) is 14.5 Å². The van der Waals surface area contributed by atoms with Gasteiger partial charge in [-0.2, -0.15) is 0 Å². The lowest BCUT2D eigenvalue weighted by Gasteiger charge is -2.13. The summed E-state index contributed by atoms with van der Waals surface area (Å²) < 4.78 is 58.3. The molecule has 2 heterocycles. The van der Waals surface area contributed by atoms with E-state index in [0.29, 0.717) is 24.9 Å². The Morgan fingerprint density at radius 1 is 1.03 bits per heavy atom. The van der Waals surface area contributed by atoms with Crippen LogP contribution >= 0.6 is 0 Å². The number of nitrogens with zero attached hydrogens (tertiary/aromatic N) is 3. The zero-order valence-corrected chi connectivity index (χ0v) is 17.1. The second-order valence-electron chi connectivity index (χ2n) is 7.21. The first kappa shape index (κ1) is 20.9. The minimum absolute atomic E-state index is 0.0520. The molecule has 0 atom stereocenters. The van der Waals surface area contributed by atoms with Gasteiger partial charge >= 0.3 is 0 Å². The number of sulfonamides is 1. The third kappa shape index (κ3) is 4.13. The molecule has 0 bridgehead atoms. The summed E-state index contributed by atoms with van der Waals surface area (Å²) in [6, 6.07) is 6.51. The SMILES string of the molecule is NC(=O)c1ccc(S(=O)(=O)Nc2cc(-c3nnc4n3CCCCC4)c(F)cc2F)cc1. The van der Waals surface area contributed by atoms with Crippen molar-refractivity contribution >= 4 is 21.6 Å². The van der Waals surface area contributed by atoms with Gasteiger partial charge in [-0.3, -0.25) is 9.52 Å². The maximum atomic E-state index is 14.6. The van der Waals surface area contributed by atoms with Crippen molar-refractivity contribution < 1.29 is 22.0 Å². The molecule has 0 fully saturated rings. The highest BCUT2D eigenvalue weighted by Crippen LogP contribution is 2.30. The summed E-state index contributed by atoms with van der Waals surface area (Å²) in [4.78, 5) is 11.0. The largest absolute Gasteiger partial charge is 0.366 e. The van der Waals surface area contributed by atoms with E-state index in [-0.39, 0.29) is 21.8 Å². The van der Waals surface area contributed by atoms with Gasteiger partial charge in [0, 0.05) is 24.6 Å². The van der Waals surface area contributed by atoms with E-state index in [1.807, 2.05) is 0 Å². The van der Waals surface area contributed by atoms with E-state index < -0.39 is 33.3 Å². The van der Waals surface area contributed by atoms with Crippen LogP contribution in [0.15, 0.2) is 41.3 Å². The number of benzene rings is 2. The van der Waals surface area contributed by atoms with Gasteiger partial charge in [0.1, 0.15) is 17.5 Å². The van der Waals surface area contributed by atoms with Crippen LogP contribution in [0.5, 0.6) is 0 Å². The summed E-state index contributed by atoms with van der Waals surface area (Å²) in [5.74, 6) is -1.72. The Hall–Kier alpha value is -3.34. The molecule has 1 aromatic heterocycles. The quantitative estimate of drug-likeness (QED) is 0.623. The maximum absolute atomic E-state index is 14.6. The normalized spacial score (nSPS) is 14.0. The van der Waals surface area contributed by atoms with Crippen molar-refractivity contribution in [3.05, 3.63) is 59.4 Å². The molecule has 0 aliphatic carbocycles. The molecule has 1 amide bonds. The standard InChI is InChI=1S/C20H19F2N5O3S/c21-15-11-16(22)17(26-31(29,30)13-7-5-12(6-8-13)19(23)28)10-14(15)20-25-24-18-4-2-1-3-9-27(18)20/h5-8,10-11,26H,1-4,9H2,(H2,23,28). The average molecular weight is 447 g/mol. The van der Waals surface area contributed by atoms with Crippen molar-refractivity contribution in [2.24, 2.45) is 5.73 Å². The predicted molar refractivity (Wildman–Crippen MR) is 109 cm³/mol. The number of primary amides is 1. The Labute approximate surface area is 177 Å². The first-order valence-corrected chi connectivity index (χ1v) is 11.1. The first-order chi connectivity index (χ1) is 14.8. The molecule has 0 spiro atoms. The van der Waals surface area contributed by atoms with Crippen molar-refractivity contribution in [3.8, 4) is 11.4 Å². The van der Waals surface area contributed by atoms with Gasteiger partial charge in [0.15, 0.2) is 5.82 Å². The molecule has 3 aromatic rings. The summed E-state index contributed by atoms with van der Waals surface area (Å²) in [6.07, 6.45) is 3.54. The van der Waals surface area contributed by atoms with E-state index in [1.165, 1.54) is 24.3 Å². The van der Waals surface area contributed by atoms with Crippen LogP contribution in [0.1, 0.15) is 35.4 Å². The Kier molecular flexibility index (Phi) is 5.44. The number of nitrogens with two attached hydrogens (primary N) is 1. The molecule has 4 rings (SSSR count). The van der Waals surface area contributed by atoms with Gasteiger partial charge in [-0.05, 0) is 43.2 Å². The molecular formula is C20H19F2N5O3S. The second kappa shape index (κ2) is 8.06. The summed E-state index contributed by atoms with van der Waals surface area (Å²) in [7, 11) is -4.21. The molecule has 2 aromatic carbocycles. The maximum Gasteiger partial charge on any atom is 0.261 e. The minimum atomic E-state index is -4.21. The van der Waals surface area contributed by atoms with Crippen LogP contribution in [0.3, 0.4) is 0 Å². The van der Waals surface area contributed by atoms with E-state index in [4.69, 9.17) is 5.73 Å². The monoisotopic (exact) mass is 447 g/mol. The lowest BCUT2D eigenvalue weighted by Crippen LogP contribution is -2.16. The number of anilines is 1. The van der Waals surface area contributed by atoms with Gasteiger partial charge in [0.05, 0.1) is 16.1 Å². The van der Waals surface area contributed by atoms with Crippen LogP contribution in [0, 0.1) is 11.6 Å². The van der Waals surface area contributed by atoms with Gasteiger partial charge in [-0.1, -0.05) is 6.42 Å². The van der Waals surface area contributed by atoms with Crippen LogP contribution < -0.4 is 10.5 Å². The highest BCUT2D eigenvalue weighted by molar-refractivity contribution is 7.92. The number of hydrogen-bond acceptors (Lipinski definition) is 5. The second-order valence-corrected chi connectivity index (χ2v) is 8.89. The number of carbonyl (C=O) groups excluding carboxylic acids is 1. The molecule has 11 heteroatoms. The van der Waals surface area contributed by atoms with Gasteiger partial charge < -0.3 is 10.3 Å². The third-order valence-corrected chi connectivity index (χ3v) is 6.48. The first-order valence-electron chi connectivity index (χ1n) is 9.60. The summed E-state index contributed by atoms with van der Waals surface area (Å²) >= 11 is 0. The molecule has 0 saturated heterocycles. The molecule has 162 valence electrons. The Morgan fingerprint density at radius 3 is 2.48 bits per heavy atom. The van der Waals surface area contributed by atoms with Gasteiger partial charge in [-0.25, -0.2) is 17.2 Å². The van der Waals surface area contributed by atoms with Crippen LogP contribution in [-0.4, -0.2) is 29.1 Å². The zero-order valence-electron chi connectivity index (χ0n) is 16.3. The summed E-state index contributed by atoms with van der Waals surface area (Å²) in [5, 5.41) is 8.16. The number of fused-ring (bicyclic) bond motifs is 1. The van der Waals surface area contributed by atoms with Gasteiger partial charge in [0.25, 0.3) is 10.0 Å². The lowest BCUT2D eigenvalue weighted by molar-refractivity contribution is 0.1000. The molecule has 1 aliphatic heterocycles. The molecule has 0 radical (unpaired) electrons. The van der Waals surface area contributed by atoms with Crippen LogP contribution in [-0.2, 0) is 23.0 Å². The number of nitrogens with one attached hydrogen (secondary N) is 1. The van der Waals surface area contributed by atoms with E-state index in [2.05, 4.69) is 14.9 Å². The fourth-order valence-electron chi connectivity index (χ4n) is 3.48. The molecule has 8 nitrogen and oxygen atoms in total. The van der Waals surface area contributed by atoms with Crippen molar-refractivity contribution in [2.75, 3.05) is 4.72 Å². The lowest BCUT2D eigenvalue weighted by atomic mass is 10.1. The van der Waals surface area contributed by atoms with E-state index in [1.54, 1.807) is 4.57 Å². The molecule has 0 unspecified atom stereocenters. The fraction of sp³-hybridized carbons (Fsp3) is 0.250. The number of hydrogen-bond donors (Lipinski definition) is 2. The molecular weight excluding hydrogens is 428 g/mol. The van der Waals surface area contributed by atoms with E-state index in [9.17, 15) is 22.0 Å². The summed E-state index contributed by atoms with van der Waals surface area (Å²) in [5.41, 5.74) is 4.79. The number of aryl methyl sites for hydroxylation is 1. The van der Waals surface area contributed by atoms with Crippen molar-refractivity contribution in [3.63, 3.8) is 0 Å². The van der Waals surface area contributed by atoms with Gasteiger partial charge in [-0.15, -0.1) is 10.2 Å². The molecule has 1 aliphatic rings. The molecule has 31 heavy (non-hydrogen) atoms. The van der Waals surface area contributed by atoms with E-state index >= 15 is 0 Å². The smallest absolute Gasteiger partial charge is 0.261 e. The average Bonchev–Trinajstić information content (AvgIpc) is 2.97. The third-order valence-electron chi connectivity index (χ3n) is 5.10. The highest BCUT2D eigenvalue weighted by Gasteiger charge is 2.23. The molecule has 0 saturated carbocycles. The minimum Gasteiger partial charge on any atom is -0.366 e. The fourth-order valence-corrected chi connectivity index (χ4v) is 4.54. The highest BCUT2D eigenvalue weighted by atomic mass is 32.2. The van der Waals surface area contributed by atoms with Gasteiger partial charge in [0.2, 0.25) is 5.91 Å². The molecule has 3 N–H and O–H groups in total. The van der Waals surface area contributed by atoms with Crippen LogP contribution in [0.2, 0.25) is 0 Å². The zero-order chi connectivity index (χ0) is 22.2. The van der Waals surface area contributed by atoms with E-state index in [0.717, 1.165) is 25.3 Å². The van der Waals surface area contributed by atoms with Crippen molar-refractivity contribution in [1.82, 2.24) is 14.8 Å². The Morgan fingerprint density at radius 2 is 1.77 bits per heavy atom. The topological polar surface area (TPSA) is 120 Å². The Balaban J connectivity index is 1.70. The number of amides is 1. The number of rotatable bonds is 5. The number of carbonyl (C=O) groups is 1. The Bertz CT molecular complexity index is 1260. The van der Waals surface area contributed by atoms with Crippen LogP contribution in [0.25, 0.3) is 11.4 Å².